The van der Waals surface area contributed by atoms with Gasteiger partial charge in [0, 0.05) is 17.6 Å². The Balaban J connectivity index is 2.41. The Morgan fingerprint density at radius 2 is 2.50 bits per heavy atom. The molecule has 0 aliphatic rings. The molecule has 0 radical (unpaired) electrons. The Morgan fingerprint density at radius 3 is 3.14 bits per heavy atom. The van der Waals surface area contributed by atoms with Gasteiger partial charge in [-0.2, -0.15) is 5.10 Å². The molecule has 5 heteroatoms. The zero-order valence-corrected chi connectivity index (χ0v) is 9.92. The van der Waals surface area contributed by atoms with Crippen LogP contribution in [0.15, 0.2) is 17.4 Å². The molecule has 0 bridgehead atoms. The summed E-state index contributed by atoms with van der Waals surface area (Å²) >= 11 is 3.29. The summed E-state index contributed by atoms with van der Waals surface area (Å²) in [6.07, 6.45) is 2.66. The zero-order valence-electron chi connectivity index (χ0n) is 8.33. The van der Waals surface area contributed by atoms with Crippen LogP contribution in [0.3, 0.4) is 0 Å². The number of hydrogen-bond acceptors (Lipinski definition) is 3. The third-order valence-corrected chi connectivity index (χ3v) is 2.01. The standard InChI is InChI=1S/C9H15BrN4/c1-3-4-14-9(12-7-13-14)6-11-5-8(2)10/h7,11H,2-6H2,1H3. The van der Waals surface area contributed by atoms with E-state index in [-0.39, 0.29) is 0 Å². The minimum Gasteiger partial charge on any atom is -0.305 e. The molecule has 0 aliphatic carbocycles. The van der Waals surface area contributed by atoms with Crippen LogP contribution in [0.5, 0.6) is 0 Å². The predicted octanol–water partition coefficient (Wildman–Crippen LogP) is 1.69. The lowest BCUT2D eigenvalue weighted by Gasteiger charge is -2.05. The van der Waals surface area contributed by atoms with E-state index in [1.54, 1.807) is 6.33 Å². The van der Waals surface area contributed by atoms with Crippen LogP contribution in [0.4, 0.5) is 0 Å². The van der Waals surface area contributed by atoms with E-state index in [0.29, 0.717) is 0 Å². The molecule has 78 valence electrons. The van der Waals surface area contributed by atoms with Crippen molar-refractivity contribution in [2.45, 2.75) is 26.4 Å². The molecular formula is C9H15BrN4. The van der Waals surface area contributed by atoms with E-state index in [2.05, 4.69) is 44.8 Å². The van der Waals surface area contributed by atoms with Crippen LogP contribution < -0.4 is 5.32 Å². The van der Waals surface area contributed by atoms with E-state index in [0.717, 1.165) is 36.4 Å². The topological polar surface area (TPSA) is 42.7 Å². The van der Waals surface area contributed by atoms with Gasteiger partial charge in [0.1, 0.15) is 12.2 Å². The van der Waals surface area contributed by atoms with Crippen LogP contribution in [0.25, 0.3) is 0 Å². The van der Waals surface area contributed by atoms with Gasteiger partial charge in [-0.05, 0) is 6.42 Å². The smallest absolute Gasteiger partial charge is 0.140 e. The van der Waals surface area contributed by atoms with Crippen molar-refractivity contribution in [3.8, 4) is 0 Å². The van der Waals surface area contributed by atoms with E-state index >= 15 is 0 Å². The average Bonchev–Trinajstić information content (AvgIpc) is 2.53. The maximum atomic E-state index is 4.18. The summed E-state index contributed by atoms with van der Waals surface area (Å²) in [4.78, 5) is 4.18. The largest absolute Gasteiger partial charge is 0.305 e. The lowest BCUT2D eigenvalue weighted by atomic mass is 10.4. The molecule has 1 rings (SSSR count). The minimum atomic E-state index is 0.727. The van der Waals surface area contributed by atoms with Crippen molar-refractivity contribution in [3.05, 3.63) is 23.2 Å². The number of hydrogen-bond donors (Lipinski definition) is 1. The van der Waals surface area contributed by atoms with E-state index < -0.39 is 0 Å². The summed E-state index contributed by atoms with van der Waals surface area (Å²) in [6.45, 7) is 8.27. The van der Waals surface area contributed by atoms with Crippen LogP contribution in [0.2, 0.25) is 0 Å². The van der Waals surface area contributed by atoms with Crippen molar-refractivity contribution >= 4 is 15.9 Å². The van der Waals surface area contributed by atoms with Gasteiger partial charge in [-0.25, -0.2) is 9.67 Å². The highest BCUT2D eigenvalue weighted by Gasteiger charge is 2.01. The number of aryl methyl sites for hydroxylation is 1. The van der Waals surface area contributed by atoms with Gasteiger partial charge in [0.25, 0.3) is 0 Å². The molecule has 0 saturated carbocycles. The Bertz CT molecular complexity index is 295. The molecular weight excluding hydrogens is 244 g/mol. The summed E-state index contributed by atoms with van der Waals surface area (Å²) < 4.78 is 2.86. The maximum absolute atomic E-state index is 4.18. The first-order valence-electron chi connectivity index (χ1n) is 4.64. The number of nitrogens with zero attached hydrogens (tertiary/aromatic N) is 3. The molecule has 0 aromatic carbocycles. The average molecular weight is 259 g/mol. The second kappa shape index (κ2) is 5.93. The number of rotatable bonds is 6. The third kappa shape index (κ3) is 3.59. The first-order valence-corrected chi connectivity index (χ1v) is 5.44. The number of aromatic nitrogens is 3. The highest BCUT2D eigenvalue weighted by Crippen LogP contribution is 1.99. The van der Waals surface area contributed by atoms with Crippen LogP contribution >= 0.6 is 15.9 Å². The molecule has 1 aromatic heterocycles. The quantitative estimate of drug-likeness (QED) is 0.845. The highest BCUT2D eigenvalue weighted by molar-refractivity contribution is 9.11. The molecule has 1 N–H and O–H groups in total. The lowest BCUT2D eigenvalue weighted by molar-refractivity contribution is 0.551. The first kappa shape index (κ1) is 11.4. The van der Waals surface area contributed by atoms with Crippen molar-refractivity contribution in [1.82, 2.24) is 20.1 Å². The Hall–Kier alpha value is -0.680. The molecule has 1 heterocycles. The molecule has 0 spiro atoms. The van der Waals surface area contributed by atoms with Crippen LogP contribution in [0, 0.1) is 0 Å². The van der Waals surface area contributed by atoms with E-state index in [4.69, 9.17) is 0 Å². The van der Waals surface area contributed by atoms with Crippen LogP contribution in [0.1, 0.15) is 19.2 Å². The van der Waals surface area contributed by atoms with Crippen molar-refractivity contribution in [1.29, 1.82) is 0 Å². The third-order valence-electron chi connectivity index (χ3n) is 1.73. The summed E-state index contributed by atoms with van der Waals surface area (Å²) in [5.41, 5.74) is 0. The van der Waals surface area contributed by atoms with Crippen molar-refractivity contribution in [3.63, 3.8) is 0 Å². The van der Waals surface area contributed by atoms with Gasteiger partial charge >= 0.3 is 0 Å². The zero-order chi connectivity index (χ0) is 10.4. The highest BCUT2D eigenvalue weighted by atomic mass is 79.9. The molecule has 1 aromatic rings. The molecule has 0 amide bonds. The second-order valence-electron chi connectivity index (χ2n) is 3.02. The maximum Gasteiger partial charge on any atom is 0.140 e. The summed E-state index contributed by atoms with van der Waals surface area (Å²) in [7, 11) is 0. The van der Waals surface area contributed by atoms with Gasteiger partial charge in [-0.15, -0.1) is 0 Å². The number of nitrogens with one attached hydrogen (secondary N) is 1. The molecule has 0 saturated heterocycles. The van der Waals surface area contributed by atoms with E-state index in [1.807, 2.05) is 4.68 Å². The van der Waals surface area contributed by atoms with Gasteiger partial charge in [-0.1, -0.05) is 29.4 Å². The lowest BCUT2D eigenvalue weighted by Crippen LogP contribution is -2.18. The van der Waals surface area contributed by atoms with Crippen molar-refractivity contribution in [2.75, 3.05) is 6.54 Å². The second-order valence-corrected chi connectivity index (χ2v) is 4.14. The Labute approximate surface area is 92.5 Å². The molecule has 0 aliphatic heterocycles. The first-order chi connectivity index (χ1) is 6.74. The fraction of sp³-hybridized carbons (Fsp3) is 0.556. The number of halogens is 1. The fourth-order valence-corrected chi connectivity index (χ4v) is 1.33. The van der Waals surface area contributed by atoms with Gasteiger partial charge in [0.05, 0.1) is 6.54 Å². The van der Waals surface area contributed by atoms with Gasteiger partial charge in [-0.3, -0.25) is 0 Å². The molecule has 4 nitrogen and oxygen atoms in total. The molecule has 0 unspecified atom stereocenters. The fourth-order valence-electron chi connectivity index (χ4n) is 1.13. The van der Waals surface area contributed by atoms with Crippen molar-refractivity contribution in [2.24, 2.45) is 0 Å². The van der Waals surface area contributed by atoms with Crippen LogP contribution in [-0.4, -0.2) is 21.3 Å². The Kier molecular flexibility index (Phi) is 4.82. The molecule has 0 fully saturated rings. The van der Waals surface area contributed by atoms with Gasteiger partial charge in [0.2, 0.25) is 0 Å². The monoisotopic (exact) mass is 258 g/mol. The normalized spacial score (nSPS) is 10.4. The van der Waals surface area contributed by atoms with Gasteiger partial charge < -0.3 is 5.32 Å². The Morgan fingerprint density at radius 1 is 1.71 bits per heavy atom. The molecule has 14 heavy (non-hydrogen) atoms. The van der Waals surface area contributed by atoms with Crippen molar-refractivity contribution < 1.29 is 0 Å². The van der Waals surface area contributed by atoms with E-state index in [9.17, 15) is 0 Å². The van der Waals surface area contributed by atoms with Gasteiger partial charge in [0.15, 0.2) is 0 Å². The summed E-state index contributed by atoms with van der Waals surface area (Å²) in [5, 5.41) is 7.35. The molecule has 0 atom stereocenters. The summed E-state index contributed by atoms with van der Waals surface area (Å²) in [6, 6.07) is 0. The minimum absolute atomic E-state index is 0.727. The predicted molar refractivity (Wildman–Crippen MR) is 60.1 cm³/mol. The summed E-state index contributed by atoms with van der Waals surface area (Å²) in [5.74, 6) is 0.973. The van der Waals surface area contributed by atoms with Crippen LogP contribution in [-0.2, 0) is 13.1 Å². The van der Waals surface area contributed by atoms with E-state index in [1.165, 1.54) is 0 Å². The SMILES string of the molecule is C=C(Br)CNCc1ncnn1CCC.